The lowest BCUT2D eigenvalue weighted by atomic mass is 9.93. The summed E-state index contributed by atoms with van der Waals surface area (Å²) in [5.41, 5.74) is 5.76. The third-order valence-corrected chi connectivity index (χ3v) is 2.07. The van der Waals surface area contributed by atoms with Crippen molar-refractivity contribution in [3.05, 3.63) is 0 Å². The summed E-state index contributed by atoms with van der Waals surface area (Å²) in [6.45, 7) is 3.86. The van der Waals surface area contributed by atoms with Crippen molar-refractivity contribution in [3.8, 4) is 0 Å². The summed E-state index contributed by atoms with van der Waals surface area (Å²) in [6, 6.07) is 0.295. The van der Waals surface area contributed by atoms with E-state index in [1.54, 1.807) is 0 Å². The standard InChI is InChI=1S/C7H15NO/c1-2-6-3-4-9-5-7(6)8/h6-7H,2-5,8H2,1H3/t6-,7-/m1/s1. The first-order valence-electron chi connectivity index (χ1n) is 3.68. The van der Waals surface area contributed by atoms with Gasteiger partial charge in [-0.15, -0.1) is 0 Å². The Labute approximate surface area is 56.4 Å². The SMILES string of the molecule is CC[C@@H]1CCOC[C@H]1N. The van der Waals surface area contributed by atoms with Crippen LogP contribution in [-0.2, 0) is 4.74 Å². The molecule has 0 amide bonds. The molecule has 0 aliphatic carbocycles. The molecule has 0 unspecified atom stereocenters. The van der Waals surface area contributed by atoms with E-state index >= 15 is 0 Å². The summed E-state index contributed by atoms with van der Waals surface area (Å²) in [5, 5.41) is 0. The summed E-state index contributed by atoms with van der Waals surface area (Å²) in [7, 11) is 0. The second kappa shape index (κ2) is 3.18. The average Bonchev–Trinajstić information content (AvgIpc) is 1.89. The number of nitrogens with two attached hydrogens (primary N) is 1. The van der Waals surface area contributed by atoms with E-state index in [4.69, 9.17) is 10.5 Å². The average molecular weight is 129 g/mol. The lowest BCUT2D eigenvalue weighted by molar-refractivity contribution is 0.0480. The molecule has 1 heterocycles. The summed E-state index contributed by atoms with van der Waals surface area (Å²) < 4.78 is 5.19. The topological polar surface area (TPSA) is 35.2 Å². The van der Waals surface area contributed by atoms with Gasteiger partial charge < -0.3 is 10.5 Å². The Kier molecular flexibility index (Phi) is 2.49. The van der Waals surface area contributed by atoms with Crippen molar-refractivity contribution in [1.29, 1.82) is 0 Å². The van der Waals surface area contributed by atoms with Crippen LogP contribution < -0.4 is 5.73 Å². The van der Waals surface area contributed by atoms with Gasteiger partial charge in [0.1, 0.15) is 0 Å². The Balaban J connectivity index is 2.30. The minimum absolute atomic E-state index is 0.295. The van der Waals surface area contributed by atoms with Crippen LogP contribution >= 0.6 is 0 Å². The highest BCUT2D eigenvalue weighted by atomic mass is 16.5. The summed E-state index contributed by atoms with van der Waals surface area (Å²) in [4.78, 5) is 0. The zero-order valence-electron chi connectivity index (χ0n) is 5.97. The molecule has 0 aromatic heterocycles. The maximum atomic E-state index is 5.76. The largest absolute Gasteiger partial charge is 0.380 e. The van der Waals surface area contributed by atoms with Gasteiger partial charge in [0, 0.05) is 12.6 Å². The maximum Gasteiger partial charge on any atom is 0.0620 e. The molecule has 0 aromatic rings. The number of rotatable bonds is 1. The van der Waals surface area contributed by atoms with E-state index in [1.807, 2.05) is 0 Å². The molecule has 1 rings (SSSR count). The predicted molar refractivity (Wildman–Crippen MR) is 37.2 cm³/mol. The molecule has 2 N–H and O–H groups in total. The van der Waals surface area contributed by atoms with Gasteiger partial charge in [-0.1, -0.05) is 13.3 Å². The molecular weight excluding hydrogens is 114 g/mol. The van der Waals surface area contributed by atoms with Gasteiger partial charge in [-0.3, -0.25) is 0 Å². The summed E-state index contributed by atoms with van der Waals surface area (Å²) in [5.74, 6) is 0.707. The lowest BCUT2D eigenvalue weighted by Gasteiger charge is -2.27. The van der Waals surface area contributed by atoms with Crippen LogP contribution in [0.1, 0.15) is 19.8 Å². The van der Waals surface area contributed by atoms with E-state index in [-0.39, 0.29) is 0 Å². The first kappa shape index (κ1) is 7.03. The second-order valence-electron chi connectivity index (χ2n) is 2.70. The molecule has 2 atom stereocenters. The molecule has 1 aliphatic heterocycles. The maximum absolute atomic E-state index is 5.76. The zero-order chi connectivity index (χ0) is 6.69. The molecule has 1 aliphatic rings. The van der Waals surface area contributed by atoms with Crippen molar-refractivity contribution < 1.29 is 4.74 Å². The highest BCUT2D eigenvalue weighted by Gasteiger charge is 2.19. The van der Waals surface area contributed by atoms with Crippen molar-refractivity contribution in [3.63, 3.8) is 0 Å². The fraction of sp³-hybridized carbons (Fsp3) is 1.00. The van der Waals surface area contributed by atoms with Gasteiger partial charge in [0.25, 0.3) is 0 Å². The van der Waals surface area contributed by atoms with Crippen LogP contribution in [-0.4, -0.2) is 19.3 Å². The van der Waals surface area contributed by atoms with Crippen LogP contribution in [0.3, 0.4) is 0 Å². The van der Waals surface area contributed by atoms with Gasteiger partial charge in [0.2, 0.25) is 0 Å². The molecule has 2 heteroatoms. The zero-order valence-corrected chi connectivity index (χ0v) is 5.97. The molecule has 2 nitrogen and oxygen atoms in total. The third kappa shape index (κ3) is 1.66. The van der Waals surface area contributed by atoms with Crippen molar-refractivity contribution >= 4 is 0 Å². The van der Waals surface area contributed by atoms with Crippen LogP contribution in [0.2, 0.25) is 0 Å². The summed E-state index contributed by atoms with van der Waals surface area (Å²) in [6.07, 6.45) is 2.35. The van der Waals surface area contributed by atoms with Gasteiger partial charge in [-0.05, 0) is 12.3 Å². The highest BCUT2D eigenvalue weighted by molar-refractivity contribution is 4.74. The van der Waals surface area contributed by atoms with Gasteiger partial charge in [0.15, 0.2) is 0 Å². The minimum Gasteiger partial charge on any atom is -0.380 e. The Bertz CT molecular complexity index is 85.0. The third-order valence-electron chi connectivity index (χ3n) is 2.07. The number of hydrogen-bond donors (Lipinski definition) is 1. The van der Waals surface area contributed by atoms with Gasteiger partial charge in [-0.25, -0.2) is 0 Å². The first-order chi connectivity index (χ1) is 4.34. The monoisotopic (exact) mass is 129 g/mol. The van der Waals surface area contributed by atoms with E-state index in [9.17, 15) is 0 Å². The smallest absolute Gasteiger partial charge is 0.0620 e. The quantitative estimate of drug-likeness (QED) is 0.567. The predicted octanol–water partition coefficient (Wildman–Crippen LogP) is 0.760. The van der Waals surface area contributed by atoms with E-state index in [0.29, 0.717) is 12.0 Å². The lowest BCUT2D eigenvalue weighted by Crippen LogP contribution is -2.39. The molecular formula is C7H15NO. The molecule has 0 aromatic carbocycles. The van der Waals surface area contributed by atoms with Crippen LogP contribution in [0.4, 0.5) is 0 Å². The Morgan fingerprint density at radius 3 is 2.89 bits per heavy atom. The number of hydrogen-bond acceptors (Lipinski definition) is 2. The van der Waals surface area contributed by atoms with Crippen molar-refractivity contribution in [2.24, 2.45) is 11.7 Å². The fourth-order valence-electron chi connectivity index (χ4n) is 1.31. The van der Waals surface area contributed by atoms with E-state index in [0.717, 1.165) is 19.6 Å². The second-order valence-corrected chi connectivity index (χ2v) is 2.70. The number of ether oxygens (including phenoxy) is 1. The van der Waals surface area contributed by atoms with Crippen LogP contribution in [0.25, 0.3) is 0 Å². The summed E-state index contributed by atoms with van der Waals surface area (Å²) >= 11 is 0. The van der Waals surface area contributed by atoms with E-state index in [2.05, 4.69) is 6.92 Å². The molecule has 0 radical (unpaired) electrons. The van der Waals surface area contributed by atoms with Crippen LogP contribution in [0.5, 0.6) is 0 Å². The van der Waals surface area contributed by atoms with Gasteiger partial charge in [-0.2, -0.15) is 0 Å². The molecule has 54 valence electrons. The molecule has 0 spiro atoms. The highest BCUT2D eigenvalue weighted by Crippen LogP contribution is 2.16. The molecule has 1 fully saturated rings. The molecule has 0 bridgehead atoms. The van der Waals surface area contributed by atoms with Gasteiger partial charge >= 0.3 is 0 Å². The van der Waals surface area contributed by atoms with Crippen LogP contribution in [0.15, 0.2) is 0 Å². The Morgan fingerprint density at radius 1 is 1.67 bits per heavy atom. The molecule has 9 heavy (non-hydrogen) atoms. The molecule has 1 saturated heterocycles. The van der Waals surface area contributed by atoms with Crippen molar-refractivity contribution in [2.45, 2.75) is 25.8 Å². The molecule has 0 saturated carbocycles. The van der Waals surface area contributed by atoms with Gasteiger partial charge in [0.05, 0.1) is 6.61 Å². The van der Waals surface area contributed by atoms with E-state index in [1.165, 1.54) is 6.42 Å². The fourth-order valence-corrected chi connectivity index (χ4v) is 1.31. The minimum atomic E-state index is 0.295. The first-order valence-corrected chi connectivity index (χ1v) is 3.68. The Morgan fingerprint density at radius 2 is 2.44 bits per heavy atom. The van der Waals surface area contributed by atoms with Crippen molar-refractivity contribution in [1.82, 2.24) is 0 Å². The normalized spacial score (nSPS) is 36.7. The Hall–Kier alpha value is -0.0800. The van der Waals surface area contributed by atoms with E-state index < -0.39 is 0 Å². The van der Waals surface area contributed by atoms with Crippen LogP contribution in [0, 0.1) is 5.92 Å². The van der Waals surface area contributed by atoms with Crippen molar-refractivity contribution in [2.75, 3.05) is 13.2 Å².